The Hall–Kier alpha value is -1.67. The number of nitrogens with one attached hydrogen (secondary N) is 1. The summed E-state index contributed by atoms with van der Waals surface area (Å²) in [6.45, 7) is 5.05. The molecule has 1 saturated heterocycles. The van der Waals surface area contributed by atoms with Gasteiger partial charge in [0.15, 0.2) is 11.5 Å². The van der Waals surface area contributed by atoms with Crippen molar-refractivity contribution in [2.45, 2.75) is 38.6 Å². The van der Waals surface area contributed by atoms with Gasteiger partial charge >= 0.3 is 0 Å². The van der Waals surface area contributed by atoms with E-state index in [1.54, 1.807) is 12.4 Å². The third-order valence-corrected chi connectivity index (χ3v) is 3.43. The minimum Gasteiger partial charge on any atom is -0.353 e. The summed E-state index contributed by atoms with van der Waals surface area (Å²) in [4.78, 5) is 10.6. The van der Waals surface area contributed by atoms with E-state index in [0.717, 1.165) is 31.9 Å². The summed E-state index contributed by atoms with van der Waals surface area (Å²) >= 11 is 0. The maximum absolute atomic E-state index is 9.15. The number of anilines is 1. The van der Waals surface area contributed by atoms with E-state index >= 15 is 0 Å². The minimum atomic E-state index is 0.423. The Morgan fingerprint density at radius 3 is 2.95 bits per heavy atom. The van der Waals surface area contributed by atoms with Gasteiger partial charge in [0.25, 0.3) is 0 Å². The topological polar surface area (TPSA) is 64.8 Å². The number of hydrogen-bond donors (Lipinski definition) is 1. The summed E-state index contributed by atoms with van der Waals surface area (Å²) in [6, 6.07) is 2.63. The van der Waals surface area contributed by atoms with Gasteiger partial charge in [-0.05, 0) is 25.8 Å². The average molecular weight is 259 g/mol. The Morgan fingerprint density at radius 1 is 1.42 bits per heavy atom. The van der Waals surface area contributed by atoms with Crippen molar-refractivity contribution in [1.29, 1.82) is 5.26 Å². The molecule has 1 unspecified atom stereocenters. The number of hydrogen-bond acceptors (Lipinski definition) is 5. The normalized spacial score (nSPS) is 18.8. The van der Waals surface area contributed by atoms with E-state index in [2.05, 4.69) is 33.2 Å². The molecule has 0 spiro atoms. The number of rotatable bonds is 5. The van der Waals surface area contributed by atoms with Crippen LogP contribution in [-0.2, 0) is 0 Å². The molecule has 2 heterocycles. The van der Waals surface area contributed by atoms with Crippen molar-refractivity contribution in [1.82, 2.24) is 15.3 Å². The fraction of sp³-hybridized carbons (Fsp3) is 0.643. The first kappa shape index (κ1) is 13.8. The first-order chi connectivity index (χ1) is 9.35. The molecule has 5 nitrogen and oxygen atoms in total. The lowest BCUT2D eigenvalue weighted by atomic mass is 10.0. The Labute approximate surface area is 114 Å². The summed E-state index contributed by atoms with van der Waals surface area (Å²) in [5.41, 5.74) is 0.423. The predicted octanol–water partition coefficient (Wildman–Crippen LogP) is 1.71. The van der Waals surface area contributed by atoms with Gasteiger partial charge in [-0.2, -0.15) is 5.26 Å². The molecule has 5 heteroatoms. The molecule has 0 aromatic carbocycles. The summed E-state index contributed by atoms with van der Waals surface area (Å²) in [7, 11) is 0. The van der Waals surface area contributed by atoms with Crippen LogP contribution in [0.3, 0.4) is 0 Å². The Kier molecular flexibility index (Phi) is 5.10. The third-order valence-electron chi connectivity index (χ3n) is 3.43. The van der Waals surface area contributed by atoms with Crippen LogP contribution in [0.25, 0.3) is 0 Å². The second kappa shape index (κ2) is 7.05. The van der Waals surface area contributed by atoms with Gasteiger partial charge < -0.3 is 10.2 Å². The van der Waals surface area contributed by atoms with E-state index < -0.39 is 0 Å². The maximum Gasteiger partial charge on any atom is 0.183 e. The third kappa shape index (κ3) is 3.65. The van der Waals surface area contributed by atoms with Gasteiger partial charge in [-0.1, -0.05) is 13.3 Å². The van der Waals surface area contributed by atoms with E-state index in [4.69, 9.17) is 5.26 Å². The van der Waals surface area contributed by atoms with Gasteiger partial charge in [0, 0.05) is 31.5 Å². The van der Waals surface area contributed by atoms with Crippen molar-refractivity contribution < 1.29 is 0 Å². The minimum absolute atomic E-state index is 0.423. The maximum atomic E-state index is 9.15. The summed E-state index contributed by atoms with van der Waals surface area (Å²) in [6.07, 6.45) is 8.01. The first-order valence-electron chi connectivity index (χ1n) is 7.04. The molecular formula is C14H21N5. The van der Waals surface area contributed by atoms with Gasteiger partial charge in [0.2, 0.25) is 0 Å². The van der Waals surface area contributed by atoms with Crippen LogP contribution in [0.2, 0.25) is 0 Å². The fourth-order valence-corrected chi connectivity index (χ4v) is 2.54. The van der Waals surface area contributed by atoms with Crippen molar-refractivity contribution in [3.8, 4) is 6.07 Å². The Bertz CT molecular complexity index is 434. The van der Waals surface area contributed by atoms with Crippen molar-refractivity contribution in [2.24, 2.45) is 0 Å². The van der Waals surface area contributed by atoms with E-state index in [-0.39, 0.29) is 0 Å². The molecule has 1 atom stereocenters. The van der Waals surface area contributed by atoms with Gasteiger partial charge in [0.1, 0.15) is 6.07 Å². The van der Waals surface area contributed by atoms with E-state index in [1.807, 2.05) is 0 Å². The Balaban J connectivity index is 2.12. The molecule has 0 radical (unpaired) electrons. The lowest BCUT2D eigenvalue weighted by Crippen LogP contribution is -2.44. The number of nitrogens with zero attached hydrogens (tertiary/aromatic N) is 4. The van der Waals surface area contributed by atoms with Gasteiger partial charge in [-0.15, -0.1) is 0 Å². The molecule has 1 aliphatic heterocycles. The molecule has 1 aliphatic rings. The zero-order chi connectivity index (χ0) is 13.5. The Morgan fingerprint density at radius 2 is 2.26 bits per heavy atom. The highest BCUT2D eigenvalue weighted by molar-refractivity contribution is 5.49. The van der Waals surface area contributed by atoms with Crippen LogP contribution in [0, 0.1) is 11.3 Å². The fourth-order valence-electron chi connectivity index (χ4n) is 2.54. The molecule has 0 amide bonds. The average Bonchev–Trinajstić information content (AvgIpc) is 2.48. The van der Waals surface area contributed by atoms with Crippen LogP contribution in [0.5, 0.6) is 0 Å². The standard InChI is InChI=1S/C14H21N5/c1-2-9-19(11-12-5-3-4-6-16-12)14-13(10-15)17-7-8-18-14/h7-8,12,16H,2-6,9,11H2,1H3. The van der Waals surface area contributed by atoms with Crippen molar-refractivity contribution in [3.05, 3.63) is 18.1 Å². The molecule has 1 N–H and O–H groups in total. The van der Waals surface area contributed by atoms with Crippen molar-refractivity contribution in [3.63, 3.8) is 0 Å². The molecule has 0 bridgehead atoms. The highest BCUT2D eigenvalue weighted by Crippen LogP contribution is 2.17. The molecule has 19 heavy (non-hydrogen) atoms. The van der Waals surface area contributed by atoms with Crippen LogP contribution in [0.4, 0.5) is 5.82 Å². The molecule has 0 saturated carbocycles. The van der Waals surface area contributed by atoms with E-state index in [0.29, 0.717) is 11.7 Å². The molecular weight excluding hydrogens is 238 g/mol. The molecule has 1 aromatic heterocycles. The highest BCUT2D eigenvalue weighted by atomic mass is 15.2. The quantitative estimate of drug-likeness (QED) is 0.872. The van der Waals surface area contributed by atoms with Crippen LogP contribution in [-0.4, -0.2) is 35.6 Å². The van der Waals surface area contributed by atoms with Crippen LogP contribution < -0.4 is 10.2 Å². The summed E-state index contributed by atoms with van der Waals surface area (Å²) in [5, 5.41) is 12.7. The molecule has 1 aromatic rings. The van der Waals surface area contributed by atoms with E-state index in [9.17, 15) is 0 Å². The predicted molar refractivity (Wildman–Crippen MR) is 74.9 cm³/mol. The monoisotopic (exact) mass is 259 g/mol. The first-order valence-corrected chi connectivity index (χ1v) is 7.04. The lowest BCUT2D eigenvalue weighted by molar-refractivity contribution is 0.398. The van der Waals surface area contributed by atoms with Crippen LogP contribution >= 0.6 is 0 Å². The largest absolute Gasteiger partial charge is 0.353 e. The molecule has 0 aliphatic carbocycles. The summed E-state index contributed by atoms with van der Waals surface area (Å²) < 4.78 is 0. The number of nitriles is 1. The second-order valence-corrected chi connectivity index (χ2v) is 4.93. The van der Waals surface area contributed by atoms with Gasteiger partial charge in [-0.3, -0.25) is 0 Å². The number of piperidine rings is 1. The molecule has 1 fully saturated rings. The van der Waals surface area contributed by atoms with Crippen LogP contribution in [0.15, 0.2) is 12.4 Å². The van der Waals surface area contributed by atoms with Gasteiger partial charge in [0.05, 0.1) is 0 Å². The highest BCUT2D eigenvalue weighted by Gasteiger charge is 2.19. The lowest BCUT2D eigenvalue weighted by Gasteiger charge is -2.31. The summed E-state index contributed by atoms with van der Waals surface area (Å²) in [5.74, 6) is 0.722. The zero-order valence-electron chi connectivity index (χ0n) is 11.5. The van der Waals surface area contributed by atoms with Crippen molar-refractivity contribution >= 4 is 5.82 Å². The second-order valence-electron chi connectivity index (χ2n) is 4.93. The van der Waals surface area contributed by atoms with Crippen molar-refractivity contribution in [2.75, 3.05) is 24.5 Å². The van der Waals surface area contributed by atoms with Gasteiger partial charge in [-0.25, -0.2) is 9.97 Å². The van der Waals surface area contributed by atoms with Crippen LogP contribution in [0.1, 0.15) is 38.3 Å². The molecule has 2 rings (SSSR count). The molecule has 102 valence electrons. The zero-order valence-corrected chi connectivity index (χ0v) is 11.5. The number of aromatic nitrogens is 2. The van der Waals surface area contributed by atoms with E-state index in [1.165, 1.54) is 19.3 Å². The SMILES string of the molecule is CCCN(CC1CCCCN1)c1nccnc1C#N. The smallest absolute Gasteiger partial charge is 0.183 e.